The van der Waals surface area contributed by atoms with Crippen LogP contribution >= 0.6 is 0 Å². The van der Waals surface area contributed by atoms with Crippen LogP contribution in [0.25, 0.3) is 0 Å². The van der Waals surface area contributed by atoms with Gasteiger partial charge in [0.15, 0.2) is 0 Å². The second kappa shape index (κ2) is 9.80. The highest BCUT2D eigenvalue weighted by molar-refractivity contribution is 4.77. The number of unbranched alkanes of at least 4 members (excludes halogenated alkanes) is 4. The molecule has 1 heterocycles. The lowest BCUT2D eigenvalue weighted by atomic mass is 9.95. The molecular weight excluding hydrogens is 220 g/mol. The standard InChI is InChI=1S/C16H34N2/c1-4-5-6-7-8-10-15(2)18-12-9-11-16(14-18)13-17-3/h15-17H,4-14H2,1-3H3. The fourth-order valence-corrected chi connectivity index (χ4v) is 3.18. The van der Waals surface area contributed by atoms with Crippen LogP contribution in [0.15, 0.2) is 0 Å². The Morgan fingerprint density at radius 1 is 1.22 bits per heavy atom. The van der Waals surface area contributed by atoms with Gasteiger partial charge >= 0.3 is 0 Å². The maximum absolute atomic E-state index is 3.34. The minimum absolute atomic E-state index is 0.797. The van der Waals surface area contributed by atoms with Gasteiger partial charge in [-0.05, 0) is 52.2 Å². The molecule has 2 nitrogen and oxygen atoms in total. The molecule has 0 saturated carbocycles. The number of nitrogens with zero attached hydrogens (tertiary/aromatic N) is 1. The molecule has 0 aromatic carbocycles. The van der Waals surface area contributed by atoms with E-state index < -0.39 is 0 Å². The Hall–Kier alpha value is -0.0800. The van der Waals surface area contributed by atoms with E-state index in [9.17, 15) is 0 Å². The highest BCUT2D eigenvalue weighted by Gasteiger charge is 2.22. The molecule has 1 saturated heterocycles. The van der Waals surface area contributed by atoms with Crippen molar-refractivity contribution in [2.75, 3.05) is 26.7 Å². The van der Waals surface area contributed by atoms with Crippen molar-refractivity contribution in [1.29, 1.82) is 0 Å². The van der Waals surface area contributed by atoms with Crippen molar-refractivity contribution < 1.29 is 0 Å². The van der Waals surface area contributed by atoms with Gasteiger partial charge in [0.05, 0.1) is 0 Å². The summed E-state index contributed by atoms with van der Waals surface area (Å²) in [5.74, 6) is 0.881. The third-order valence-electron chi connectivity index (χ3n) is 4.39. The summed E-state index contributed by atoms with van der Waals surface area (Å²) in [5, 5.41) is 3.34. The number of likely N-dealkylation sites (tertiary alicyclic amines) is 1. The van der Waals surface area contributed by atoms with Crippen molar-refractivity contribution in [3.63, 3.8) is 0 Å². The molecule has 0 bridgehead atoms. The van der Waals surface area contributed by atoms with Crippen LogP contribution in [0.5, 0.6) is 0 Å². The Labute approximate surface area is 115 Å². The molecule has 0 radical (unpaired) electrons. The quantitative estimate of drug-likeness (QED) is 0.632. The van der Waals surface area contributed by atoms with E-state index in [0.29, 0.717) is 0 Å². The largest absolute Gasteiger partial charge is 0.319 e. The zero-order valence-electron chi connectivity index (χ0n) is 12.9. The summed E-state index contributed by atoms with van der Waals surface area (Å²) in [7, 11) is 2.08. The van der Waals surface area contributed by atoms with Crippen LogP contribution in [0, 0.1) is 5.92 Å². The molecule has 1 fully saturated rings. The molecule has 2 unspecified atom stereocenters. The zero-order valence-corrected chi connectivity index (χ0v) is 12.9. The van der Waals surface area contributed by atoms with Gasteiger partial charge < -0.3 is 10.2 Å². The van der Waals surface area contributed by atoms with Gasteiger partial charge in [0, 0.05) is 12.6 Å². The van der Waals surface area contributed by atoms with Crippen molar-refractivity contribution in [3.05, 3.63) is 0 Å². The van der Waals surface area contributed by atoms with Gasteiger partial charge in [-0.15, -0.1) is 0 Å². The van der Waals surface area contributed by atoms with E-state index in [0.717, 1.165) is 12.0 Å². The summed E-state index contributed by atoms with van der Waals surface area (Å²) in [6.45, 7) is 8.56. The first-order chi connectivity index (χ1) is 8.77. The van der Waals surface area contributed by atoms with Gasteiger partial charge in [-0.1, -0.05) is 39.0 Å². The van der Waals surface area contributed by atoms with Gasteiger partial charge in [-0.2, -0.15) is 0 Å². The van der Waals surface area contributed by atoms with E-state index in [-0.39, 0.29) is 0 Å². The van der Waals surface area contributed by atoms with Crippen LogP contribution in [0.2, 0.25) is 0 Å². The molecule has 0 amide bonds. The summed E-state index contributed by atoms with van der Waals surface area (Å²) in [6, 6.07) is 0.797. The summed E-state index contributed by atoms with van der Waals surface area (Å²) >= 11 is 0. The smallest absolute Gasteiger partial charge is 0.00670 e. The van der Waals surface area contributed by atoms with Crippen LogP contribution in [-0.2, 0) is 0 Å². The lowest BCUT2D eigenvalue weighted by molar-refractivity contribution is 0.124. The molecule has 1 aliphatic heterocycles. The number of piperidine rings is 1. The van der Waals surface area contributed by atoms with E-state index in [1.54, 1.807) is 0 Å². The third kappa shape index (κ3) is 6.19. The highest BCUT2D eigenvalue weighted by Crippen LogP contribution is 2.20. The number of rotatable bonds is 9. The van der Waals surface area contributed by atoms with Gasteiger partial charge in [-0.3, -0.25) is 0 Å². The predicted octanol–water partition coefficient (Wildman–Crippen LogP) is 3.67. The van der Waals surface area contributed by atoms with Crippen LogP contribution in [0.3, 0.4) is 0 Å². The second-order valence-electron chi connectivity index (χ2n) is 6.11. The van der Waals surface area contributed by atoms with Crippen LogP contribution in [-0.4, -0.2) is 37.6 Å². The van der Waals surface area contributed by atoms with Crippen molar-refractivity contribution >= 4 is 0 Å². The number of hydrogen-bond acceptors (Lipinski definition) is 2. The maximum Gasteiger partial charge on any atom is 0.00670 e. The molecule has 0 aromatic rings. The Kier molecular flexibility index (Phi) is 8.70. The van der Waals surface area contributed by atoms with Crippen molar-refractivity contribution in [3.8, 4) is 0 Å². The summed E-state index contributed by atoms with van der Waals surface area (Å²) in [5.41, 5.74) is 0. The third-order valence-corrected chi connectivity index (χ3v) is 4.39. The zero-order chi connectivity index (χ0) is 13.2. The van der Waals surface area contributed by atoms with E-state index in [1.165, 1.54) is 71.0 Å². The van der Waals surface area contributed by atoms with Crippen molar-refractivity contribution in [2.24, 2.45) is 5.92 Å². The molecule has 18 heavy (non-hydrogen) atoms. The summed E-state index contributed by atoms with van der Waals surface area (Å²) in [4.78, 5) is 2.73. The first-order valence-corrected chi connectivity index (χ1v) is 8.16. The monoisotopic (exact) mass is 254 g/mol. The van der Waals surface area contributed by atoms with E-state index >= 15 is 0 Å². The molecular formula is C16H34N2. The minimum Gasteiger partial charge on any atom is -0.319 e. The Morgan fingerprint density at radius 2 is 2.00 bits per heavy atom. The van der Waals surface area contributed by atoms with Crippen molar-refractivity contribution in [1.82, 2.24) is 10.2 Å². The van der Waals surface area contributed by atoms with Crippen molar-refractivity contribution in [2.45, 2.75) is 71.3 Å². The van der Waals surface area contributed by atoms with E-state index in [4.69, 9.17) is 0 Å². The molecule has 2 atom stereocenters. The molecule has 1 rings (SSSR count). The molecule has 0 spiro atoms. The van der Waals surface area contributed by atoms with E-state index in [2.05, 4.69) is 31.1 Å². The minimum atomic E-state index is 0.797. The van der Waals surface area contributed by atoms with Crippen LogP contribution in [0.4, 0.5) is 0 Å². The lowest BCUT2D eigenvalue weighted by Gasteiger charge is -2.37. The first kappa shape index (κ1) is 16.0. The van der Waals surface area contributed by atoms with E-state index in [1.807, 2.05) is 0 Å². The average Bonchev–Trinajstić information content (AvgIpc) is 2.39. The second-order valence-corrected chi connectivity index (χ2v) is 6.11. The normalized spacial score (nSPS) is 23.2. The Morgan fingerprint density at radius 3 is 2.72 bits per heavy atom. The molecule has 0 aromatic heterocycles. The molecule has 108 valence electrons. The average molecular weight is 254 g/mol. The maximum atomic E-state index is 3.34. The van der Waals surface area contributed by atoms with Crippen LogP contribution < -0.4 is 5.32 Å². The van der Waals surface area contributed by atoms with Crippen LogP contribution in [0.1, 0.15) is 65.2 Å². The lowest BCUT2D eigenvalue weighted by Crippen LogP contribution is -2.43. The molecule has 2 heteroatoms. The summed E-state index contributed by atoms with van der Waals surface area (Å²) < 4.78 is 0. The highest BCUT2D eigenvalue weighted by atomic mass is 15.2. The molecule has 1 N–H and O–H groups in total. The van der Waals surface area contributed by atoms with Gasteiger partial charge in [-0.25, -0.2) is 0 Å². The SMILES string of the molecule is CCCCCCCC(C)N1CCCC(CNC)C1. The Balaban J connectivity index is 2.13. The van der Waals surface area contributed by atoms with Gasteiger partial charge in [0.25, 0.3) is 0 Å². The number of hydrogen-bond donors (Lipinski definition) is 1. The van der Waals surface area contributed by atoms with Gasteiger partial charge in [0.2, 0.25) is 0 Å². The molecule has 1 aliphatic rings. The fourth-order valence-electron chi connectivity index (χ4n) is 3.18. The van der Waals surface area contributed by atoms with Gasteiger partial charge in [0.1, 0.15) is 0 Å². The Bertz CT molecular complexity index is 192. The first-order valence-electron chi connectivity index (χ1n) is 8.16. The topological polar surface area (TPSA) is 15.3 Å². The number of nitrogens with one attached hydrogen (secondary N) is 1. The predicted molar refractivity (Wildman–Crippen MR) is 81.1 cm³/mol. The fraction of sp³-hybridized carbons (Fsp3) is 1.00. The molecule has 0 aliphatic carbocycles. The summed E-state index contributed by atoms with van der Waals surface area (Å²) in [6.07, 6.45) is 11.3.